The second-order valence-electron chi connectivity index (χ2n) is 8.96. The molecule has 1 heterocycles. The Morgan fingerprint density at radius 2 is 1.97 bits per heavy atom. The van der Waals surface area contributed by atoms with Crippen molar-refractivity contribution in [1.29, 1.82) is 0 Å². The third-order valence-corrected chi connectivity index (χ3v) is 7.34. The number of hydrogen-bond acceptors (Lipinski definition) is 6. The SMILES string of the molecule is COCCOCCOCC(=O)Oc1ccc2c(c1)[C@@]13CCCC[C@H]1[C@@H](C2)N(C)CC3. The summed E-state index contributed by atoms with van der Waals surface area (Å²) in [4.78, 5) is 14.8. The maximum absolute atomic E-state index is 12.2. The van der Waals surface area contributed by atoms with E-state index in [4.69, 9.17) is 18.9 Å². The zero-order valence-corrected chi connectivity index (χ0v) is 18.4. The molecule has 3 aliphatic rings. The summed E-state index contributed by atoms with van der Waals surface area (Å²) in [5.74, 6) is 1.02. The van der Waals surface area contributed by atoms with Crippen LogP contribution in [0.2, 0.25) is 0 Å². The number of rotatable bonds is 9. The number of carbonyl (C=O) groups excluding carboxylic acids is 1. The first-order valence-electron chi connectivity index (χ1n) is 11.3. The lowest BCUT2D eigenvalue weighted by Gasteiger charge is -2.58. The van der Waals surface area contributed by atoms with Crippen molar-refractivity contribution in [2.24, 2.45) is 5.92 Å². The predicted molar refractivity (Wildman–Crippen MR) is 114 cm³/mol. The van der Waals surface area contributed by atoms with E-state index in [-0.39, 0.29) is 18.0 Å². The van der Waals surface area contributed by atoms with Gasteiger partial charge in [-0.05, 0) is 68.5 Å². The van der Waals surface area contributed by atoms with Crippen LogP contribution >= 0.6 is 0 Å². The van der Waals surface area contributed by atoms with Crippen molar-refractivity contribution in [3.8, 4) is 5.75 Å². The molecule has 4 rings (SSSR count). The molecule has 0 radical (unpaired) electrons. The first kappa shape index (κ1) is 21.8. The molecule has 2 aliphatic carbocycles. The number of benzene rings is 1. The molecular weight excluding hydrogens is 382 g/mol. The lowest BCUT2D eigenvalue weighted by atomic mass is 9.52. The van der Waals surface area contributed by atoms with Gasteiger partial charge in [0.2, 0.25) is 0 Å². The van der Waals surface area contributed by atoms with Crippen molar-refractivity contribution >= 4 is 5.97 Å². The minimum Gasteiger partial charge on any atom is -0.425 e. The Hall–Kier alpha value is -1.47. The van der Waals surface area contributed by atoms with Crippen LogP contribution < -0.4 is 4.74 Å². The molecule has 1 aromatic rings. The first-order chi connectivity index (χ1) is 14.6. The zero-order valence-electron chi connectivity index (χ0n) is 18.4. The third-order valence-electron chi connectivity index (χ3n) is 7.34. The van der Waals surface area contributed by atoms with Gasteiger partial charge in [-0.2, -0.15) is 0 Å². The molecule has 2 fully saturated rings. The van der Waals surface area contributed by atoms with Gasteiger partial charge in [-0.1, -0.05) is 18.9 Å². The second-order valence-corrected chi connectivity index (χ2v) is 8.96. The molecule has 1 saturated carbocycles. The fourth-order valence-electron chi connectivity index (χ4n) is 5.92. The van der Waals surface area contributed by atoms with Gasteiger partial charge >= 0.3 is 5.97 Å². The fraction of sp³-hybridized carbons (Fsp3) is 0.708. The maximum Gasteiger partial charge on any atom is 0.337 e. The Labute approximate surface area is 179 Å². The van der Waals surface area contributed by atoms with E-state index in [1.54, 1.807) is 7.11 Å². The number of piperidine rings is 1. The van der Waals surface area contributed by atoms with Crippen molar-refractivity contribution in [2.45, 2.75) is 50.0 Å². The first-order valence-corrected chi connectivity index (χ1v) is 11.3. The highest BCUT2D eigenvalue weighted by Crippen LogP contribution is 2.55. The monoisotopic (exact) mass is 417 g/mol. The van der Waals surface area contributed by atoms with Crippen molar-refractivity contribution in [3.63, 3.8) is 0 Å². The molecule has 0 N–H and O–H groups in total. The highest BCUT2D eigenvalue weighted by molar-refractivity contribution is 5.73. The van der Waals surface area contributed by atoms with Gasteiger partial charge in [0.1, 0.15) is 12.4 Å². The number of methoxy groups -OCH3 is 1. The molecule has 2 bridgehead atoms. The summed E-state index contributed by atoms with van der Waals surface area (Å²) in [6.07, 6.45) is 7.54. The van der Waals surface area contributed by atoms with Gasteiger partial charge < -0.3 is 23.8 Å². The van der Waals surface area contributed by atoms with Gasteiger partial charge in [-0.3, -0.25) is 0 Å². The molecule has 0 spiro atoms. The molecule has 0 unspecified atom stereocenters. The topological polar surface area (TPSA) is 57.2 Å². The van der Waals surface area contributed by atoms with E-state index in [1.165, 1.54) is 43.2 Å². The molecule has 1 aromatic carbocycles. The largest absolute Gasteiger partial charge is 0.425 e. The second kappa shape index (κ2) is 9.77. The van der Waals surface area contributed by atoms with E-state index in [0.29, 0.717) is 38.2 Å². The van der Waals surface area contributed by atoms with Crippen LogP contribution in [-0.4, -0.2) is 70.6 Å². The number of likely N-dealkylation sites (N-methyl/N-ethyl adjacent to an activating group) is 1. The van der Waals surface area contributed by atoms with Crippen molar-refractivity contribution in [1.82, 2.24) is 4.90 Å². The number of carbonyl (C=O) groups is 1. The Morgan fingerprint density at radius 3 is 2.83 bits per heavy atom. The van der Waals surface area contributed by atoms with Gasteiger partial charge in [0.25, 0.3) is 0 Å². The van der Waals surface area contributed by atoms with E-state index in [1.807, 2.05) is 6.07 Å². The standard InChI is InChI=1S/C24H35NO5/c1-25-10-9-24-8-4-3-5-20(24)22(25)15-18-6-7-19(16-21(18)24)30-23(26)17-29-14-13-28-12-11-27-2/h6-7,16,20,22H,3-5,8-15,17H2,1-2H3/t20-,22+,24+/m0/s1. The number of nitrogens with zero attached hydrogens (tertiary/aromatic N) is 1. The molecule has 166 valence electrons. The van der Waals surface area contributed by atoms with Crippen LogP contribution in [0.15, 0.2) is 18.2 Å². The molecule has 1 aliphatic heterocycles. The third kappa shape index (κ3) is 4.42. The van der Waals surface area contributed by atoms with Crippen molar-refractivity contribution < 1.29 is 23.7 Å². The summed E-state index contributed by atoms with van der Waals surface area (Å²) in [5.41, 5.74) is 3.14. The number of esters is 1. The quantitative estimate of drug-likeness (QED) is 0.350. The molecular formula is C24H35NO5. The summed E-state index contributed by atoms with van der Waals surface area (Å²) >= 11 is 0. The zero-order chi connectivity index (χ0) is 21.0. The Morgan fingerprint density at radius 1 is 1.13 bits per heavy atom. The molecule has 0 amide bonds. The van der Waals surface area contributed by atoms with Gasteiger partial charge in [0.15, 0.2) is 0 Å². The lowest BCUT2D eigenvalue weighted by Crippen LogP contribution is -2.59. The highest BCUT2D eigenvalue weighted by Gasteiger charge is 2.53. The van der Waals surface area contributed by atoms with Gasteiger partial charge in [0.05, 0.1) is 26.4 Å². The van der Waals surface area contributed by atoms with Crippen molar-refractivity contribution in [2.75, 3.05) is 53.7 Å². The number of fused-ring (bicyclic) bond motifs is 1. The fourth-order valence-corrected chi connectivity index (χ4v) is 5.92. The number of ether oxygens (including phenoxy) is 4. The Balaban J connectivity index is 1.38. The molecule has 3 atom stereocenters. The van der Waals surface area contributed by atoms with Crippen LogP contribution in [0.1, 0.15) is 43.2 Å². The molecule has 30 heavy (non-hydrogen) atoms. The van der Waals surface area contributed by atoms with Crippen LogP contribution in [-0.2, 0) is 30.8 Å². The minimum absolute atomic E-state index is 0.0641. The van der Waals surface area contributed by atoms with Gasteiger partial charge in [0, 0.05) is 18.6 Å². The molecule has 0 aromatic heterocycles. The van der Waals surface area contributed by atoms with Crippen LogP contribution in [0.4, 0.5) is 0 Å². The minimum atomic E-state index is -0.360. The summed E-state index contributed by atoms with van der Waals surface area (Å²) < 4.78 is 21.2. The van der Waals surface area contributed by atoms with Crippen LogP contribution in [0, 0.1) is 5.92 Å². The van der Waals surface area contributed by atoms with Crippen LogP contribution in [0.5, 0.6) is 5.75 Å². The van der Waals surface area contributed by atoms with Crippen LogP contribution in [0.25, 0.3) is 0 Å². The summed E-state index contributed by atoms with van der Waals surface area (Å²) in [6.45, 7) is 2.98. The average molecular weight is 418 g/mol. The summed E-state index contributed by atoms with van der Waals surface area (Å²) in [7, 11) is 3.92. The van der Waals surface area contributed by atoms with E-state index in [0.717, 1.165) is 18.9 Å². The summed E-state index contributed by atoms with van der Waals surface area (Å²) in [5, 5.41) is 0. The van der Waals surface area contributed by atoms with E-state index >= 15 is 0 Å². The van der Waals surface area contributed by atoms with Gasteiger partial charge in [-0.15, -0.1) is 0 Å². The van der Waals surface area contributed by atoms with E-state index in [9.17, 15) is 4.79 Å². The smallest absolute Gasteiger partial charge is 0.337 e. The Kier molecular flexibility index (Phi) is 7.08. The maximum atomic E-state index is 12.2. The van der Waals surface area contributed by atoms with E-state index in [2.05, 4.69) is 24.1 Å². The average Bonchev–Trinajstić information content (AvgIpc) is 2.76. The number of likely N-dealkylation sites (tertiary alicyclic amines) is 1. The highest BCUT2D eigenvalue weighted by atomic mass is 16.6. The molecule has 1 saturated heterocycles. The summed E-state index contributed by atoms with van der Waals surface area (Å²) in [6, 6.07) is 6.93. The molecule has 6 heteroatoms. The predicted octanol–water partition coefficient (Wildman–Crippen LogP) is 2.96. The van der Waals surface area contributed by atoms with E-state index < -0.39 is 0 Å². The normalized spacial score (nSPS) is 27.9. The van der Waals surface area contributed by atoms with Crippen molar-refractivity contribution in [3.05, 3.63) is 29.3 Å². The Bertz CT molecular complexity index is 738. The van der Waals surface area contributed by atoms with Crippen LogP contribution in [0.3, 0.4) is 0 Å². The molecule has 6 nitrogen and oxygen atoms in total. The number of hydrogen-bond donors (Lipinski definition) is 0. The van der Waals surface area contributed by atoms with Gasteiger partial charge in [-0.25, -0.2) is 4.79 Å². The lowest BCUT2D eigenvalue weighted by molar-refractivity contribution is -0.140.